The molecule has 534 valence electrons. The van der Waals surface area contributed by atoms with Crippen molar-refractivity contribution in [3.05, 3.63) is 241 Å². The number of esters is 1. The van der Waals surface area contributed by atoms with E-state index in [1.165, 1.54) is 20.7 Å². The predicted octanol–water partition coefficient (Wildman–Crippen LogP) is 15.4. The van der Waals surface area contributed by atoms with Crippen LogP contribution in [-0.4, -0.2) is 116 Å². The highest BCUT2D eigenvalue weighted by Crippen LogP contribution is 2.42. The normalized spacial score (nSPS) is 22.9. The molecule has 7 aromatic carbocycles. The van der Waals surface area contributed by atoms with E-state index in [0.29, 0.717) is 44.8 Å². The Bertz CT molecular complexity index is 3580. The average Bonchev–Trinajstić information content (AvgIpc) is 1.04. The molecule has 0 amide bonds. The van der Waals surface area contributed by atoms with Gasteiger partial charge in [0.2, 0.25) is 0 Å². The lowest BCUT2D eigenvalue weighted by Crippen LogP contribution is -2.66. The molecule has 2 aliphatic carbocycles. The monoisotopic (exact) mass is 1390 g/mol. The third kappa shape index (κ3) is 19.1. The molecular formula is C85H108O13Si2. The zero-order chi connectivity index (χ0) is 71.0. The van der Waals surface area contributed by atoms with Crippen molar-refractivity contribution in [3.63, 3.8) is 0 Å². The van der Waals surface area contributed by atoms with Gasteiger partial charge in [-0.15, -0.1) is 0 Å². The molecule has 1 N–H and O–H groups in total. The van der Waals surface area contributed by atoms with E-state index >= 15 is 0 Å². The molecule has 0 radical (unpaired) electrons. The van der Waals surface area contributed by atoms with Crippen LogP contribution in [0, 0.1) is 11.8 Å². The number of ether oxygens (including phenoxy) is 9. The maximum Gasteiger partial charge on any atom is 0.338 e. The predicted molar refractivity (Wildman–Crippen MR) is 402 cm³/mol. The molecule has 2 saturated heterocycles. The van der Waals surface area contributed by atoms with Gasteiger partial charge < -0.3 is 56.6 Å². The number of aliphatic hydroxyl groups is 1. The van der Waals surface area contributed by atoms with Gasteiger partial charge in [0.1, 0.15) is 35.9 Å². The lowest BCUT2D eigenvalue weighted by molar-refractivity contribution is -0.153. The first-order chi connectivity index (χ1) is 48.0. The molecule has 0 spiro atoms. The van der Waals surface area contributed by atoms with Crippen molar-refractivity contribution in [3.8, 4) is 11.5 Å². The lowest BCUT2D eigenvalue weighted by Gasteiger charge is -2.43. The summed E-state index contributed by atoms with van der Waals surface area (Å²) in [6.45, 7) is 23.4. The number of methoxy groups -OCH3 is 2. The van der Waals surface area contributed by atoms with Crippen LogP contribution in [0.15, 0.2) is 224 Å². The topological polar surface area (TPSA) is 139 Å². The van der Waals surface area contributed by atoms with Crippen LogP contribution >= 0.6 is 0 Å². The third-order valence-electron chi connectivity index (χ3n) is 20.0. The van der Waals surface area contributed by atoms with E-state index in [2.05, 4.69) is 175 Å². The highest BCUT2D eigenvalue weighted by Gasteiger charge is 2.53. The Balaban J connectivity index is 0.000000219. The van der Waals surface area contributed by atoms with Gasteiger partial charge in [-0.05, 0) is 151 Å². The van der Waals surface area contributed by atoms with E-state index in [1.54, 1.807) is 26.4 Å². The van der Waals surface area contributed by atoms with Crippen molar-refractivity contribution < 1.29 is 61.4 Å². The van der Waals surface area contributed by atoms with Gasteiger partial charge in [0.25, 0.3) is 16.6 Å². The van der Waals surface area contributed by atoms with E-state index in [4.69, 9.17) is 51.5 Å². The first-order valence-corrected chi connectivity index (χ1v) is 39.8. The summed E-state index contributed by atoms with van der Waals surface area (Å²) >= 11 is 0. The molecule has 6 unspecified atom stereocenters. The molecule has 2 heterocycles. The average molecular weight is 1390 g/mol. The van der Waals surface area contributed by atoms with Crippen LogP contribution < -0.4 is 30.2 Å². The minimum absolute atomic E-state index is 0.0571. The first-order valence-electron chi connectivity index (χ1n) is 36.0. The maximum atomic E-state index is 13.6. The second kappa shape index (κ2) is 34.4. The van der Waals surface area contributed by atoms with Gasteiger partial charge in [0.15, 0.2) is 11.6 Å². The number of carbonyl (C=O) groups excluding carboxylic acids is 1. The minimum atomic E-state index is -2.77. The lowest BCUT2D eigenvalue weighted by atomic mass is 10.0. The van der Waals surface area contributed by atoms with Crippen LogP contribution in [0.2, 0.25) is 10.1 Å². The van der Waals surface area contributed by atoms with Crippen molar-refractivity contribution in [2.24, 2.45) is 11.8 Å². The fraction of sp³-hybridized carbons (Fsp3) is 0.447. The van der Waals surface area contributed by atoms with Gasteiger partial charge in [-0.2, -0.15) is 0 Å². The number of carbonyl (C=O) groups is 1. The summed E-state index contributed by atoms with van der Waals surface area (Å²) < 4.78 is 70.0. The number of hydrogen-bond acceptors (Lipinski definition) is 13. The van der Waals surface area contributed by atoms with Crippen LogP contribution in [0.3, 0.4) is 0 Å². The first kappa shape index (κ1) is 75.8. The Morgan fingerprint density at radius 3 is 1.23 bits per heavy atom. The van der Waals surface area contributed by atoms with Gasteiger partial charge in [-0.3, -0.25) is 0 Å². The highest BCUT2D eigenvalue weighted by atomic mass is 28.4. The largest absolute Gasteiger partial charge is 0.497 e. The molecule has 7 aromatic rings. The Labute approximate surface area is 597 Å². The zero-order valence-corrected chi connectivity index (χ0v) is 63.0. The Hall–Kier alpha value is -6.84. The molecule has 0 bridgehead atoms. The fourth-order valence-corrected chi connectivity index (χ4v) is 24.3. The Morgan fingerprint density at radius 1 is 0.490 bits per heavy atom. The molecule has 13 nitrogen and oxygen atoms in total. The minimum Gasteiger partial charge on any atom is -0.497 e. The summed E-state index contributed by atoms with van der Waals surface area (Å²) in [5.41, 5.74) is 2.71. The molecule has 4 fully saturated rings. The SMILES string of the molecule is COc1ccc(CO[C@@H]2CCC[C@@H]2/C=C\C(O)C2OC(C)(C)OC2CCO[Si](c2ccccc2)(c2ccccc2)C(C)(C)C)cc1.COc1ccc(CO[C@@H]2CCC[C@@H]2/C=C\C(OC(=O)c2ccccc2)C2OC(C)(C)OC2CCO[Si](c2ccccc2)(c2ccccc2)C(C)(C)C)cc1. The van der Waals surface area contributed by atoms with Gasteiger partial charge in [0, 0.05) is 25.0 Å². The molecule has 11 rings (SSSR count). The number of benzene rings is 7. The molecular weight excluding hydrogens is 1290 g/mol. The van der Waals surface area contributed by atoms with E-state index in [-0.39, 0.29) is 46.3 Å². The summed E-state index contributed by atoms with van der Waals surface area (Å²) in [5.74, 6) is 0.0151. The fourth-order valence-electron chi connectivity index (χ4n) is 15.1. The van der Waals surface area contributed by atoms with Crippen molar-refractivity contribution >= 4 is 43.4 Å². The van der Waals surface area contributed by atoms with Crippen molar-refractivity contribution in [2.75, 3.05) is 27.4 Å². The summed E-state index contributed by atoms with van der Waals surface area (Å²) in [5, 5.41) is 16.1. The second-order valence-corrected chi connectivity index (χ2v) is 38.6. The molecule has 0 aromatic heterocycles. The van der Waals surface area contributed by atoms with Crippen molar-refractivity contribution in [1.29, 1.82) is 0 Å². The third-order valence-corrected chi connectivity index (χ3v) is 30.1. The summed E-state index contributed by atoms with van der Waals surface area (Å²) in [6.07, 6.45) is 12.5. The van der Waals surface area contributed by atoms with Gasteiger partial charge in [-0.25, -0.2) is 4.79 Å². The molecule has 4 aliphatic rings. The quantitative estimate of drug-likeness (QED) is 0.0283. The van der Waals surface area contributed by atoms with Gasteiger partial charge in [0.05, 0.1) is 57.4 Å². The van der Waals surface area contributed by atoms with Crippen molar-refractivity contribution in [1.82, 2.24) is 0 Å². The van der Waals surface area contributed by atoms with E-state index in [1.807, 2.05) is 107 Å². The molecule has 2 saturated carbocycles. The van der Waals surface area contributed by atoms with Crippen LogP contribution in [0.5, 0.6) is 11.5 Å². The molecule has 2 aliphatic heterocycles. The summed E-state index contributed by atoms with van der Waals surface area (Å²) in [6, 6.07) is 67.7. The standard InChI is InChI=1S/C46H56O7Si.C39H52O6Si/c1-45(2,3)54(38-20-12-8-13-21-38,39-22-14-9-15-23-39)50-32-31-42-43(53-46(4,5)52-42)41(51-44(47)36-17-10-7-11-18-36)30-27-35-19-16-24-40(35)49-33-34-25-28-37(48-6)29-26-34;1-38(2,3)46(32-15-9-7-10-16-32,33-17-11-8-12-18-33)43-27-26-36-37(45-39(4,5)44-36)34(40)25-22-30-14-13-19-35(30)42-28-29-20-23-31(41-6)24-21-29/h7-15,17-18,20-23,25-30,35,40-43H,16,19,24,31-33H2,1-6H3;7-12,15-18,20-25,30,34-37,40H,13-14,19,26-28H2,1-6H3/b30-27-;25-22-/t35-,40-,41?,42?,43?;30-,34?,35-,36?,37?/m11/s1. The van der Waals surface area contributed by atoms with Crippen LogP contribution in [-0.2, 0) is 55.2 Å². The molecule has 100 heavy (non-hydrogen) atoms. The molecule has 15 heteroatoms. The summed E-state index contributed by atoms with van der Waals surface area (Å²) in [4.78, 5) is 13.6. The van der Waals surface area contributed by atoms with Gasteiger partial charge >= 0.3 is 5.97 Å². The maximum absolute atomic E-state index is 13.6. The highest BCUT2D eigenvalue weighted by molar-refractivity contribution is 7.00. The summed E-state index contributed by atoms with van der Waals surface area (Å²) in [7, 11) is -2.11. The van der Waals surface area contributed by atoms with Crippen molar-refractivity contribution in [2.45, 2.75) is 204 Å². The Kier molecular flexibility index (Phi) is 26.1. The smallest absolute Gasteiger partial charge is 0.338 e. The number of hydrogen-bond donors (Lipinski definition) is 1. The number of rotatable bonds is 28. The molecule has 10 atom stereocenters. The van der Waals surface area contributed by atoms with E-state index < -0.39 is 58.6 Å². The Morgan fingerprint density at radius 2 is 0.850 bits per heavy atom. The zero-order valence-electron chi connectivity index (χ0n) is 61.0. The van der Waals surface area contributed by atoms with E-state index in [9.17, 15) is 9.90 Å². The van der Waals surface area contributed by atoms with Crippen LogP contribution in [0.4, 0.5) is 0 Å². The van der Waals surface area contributed by atoms with Crippen LogP contribution in [0.1, 0.15) is 142 Å². The van der Waals surface area contributed by atoms with E-state index in [0.717, 1.165) is 61.2 Å². The van der Waals surface area contributed by atoms with Crippen LogP contribution in [0.25, 0.3) is 0 Å². The van der Waals surface area contributed by atoms with Gasteiger partial charge in [-0.1, -0.05) is 236 Å². The second-order valence-electron chi connectivity index (χ2n) is 30.0. The number of aliphatic hydroxyl groups excluding tert-OH is 1.